The summed E-state index contributed by atoms with van der Waals surface area (Å²) in [6.45, 7) is 1.45. The Morgan fingerprint density at radius 3 is 2.55 bits per heavy atom. The van der Waals surface area contributed by atoms with E-state index in [1.165, 1.54) is 11.3 Å². The van der Waals surface area contributed by atoms with E-state index in [4.69, 9.17) is 15.2 Å². The first-order chi connectivity index (χ1) is 21.4. The number of benzene rings is 2. The molecule has 2 aromatic carbocycles. The second-order valence-corrected chi connectivity index (χ2v) is 12.4. The highest BCUT2D eigenvalue weighted by Gasteiger charge is 2.30. The van der Waals surface area contributed by atoms with E-state index in [1.807, 2.05) is 30.3 Å². The van der Waals surface area contributed by atoms with Gasteiger partial charge in [0.05, 0.1) is 22.5 Å². The predicted molar refractivity (Wildman–Crippen MR) is 170 cm³/mol. The van der Waals surface area contributed by atoms with Crippen LogP contribution in [0.3, 0.4) is 0 Å². The first-order valence-electron chi connectivity index (χ1n) is 15.0. The lowest BCUT2D eigenvalue weighted by molar-refractivity contribution is 0.144. The number of hydrogen-bond donors (Lipinski definition) is 3. The predicted octanol–water partition coefficient (Wildman–Crippen LogP) is 7.36. The Kier molecular flexibility index (Phi) is 8.94. The smallest absolute Gasteiger partial charge is 0.317 e. The fourth-order valence-electron chi connectivity index (χ4n) is 5.68. The maximum absolute atomic E-state index is 15.5. The molecular weight excluding hydrogens is 581 g/mol. The molecule has 230 valence electrons. The van der Waals surface area contributed by atoms with Crippen LogP contribution in [0, 0.1) is 5.82 Å². The van der Waals surface area contributed by atoms with Gasteiger partial charge in [-0.25, -0.2) is 14.0 Å². The van der Waals surface area contributed by atoms with Crippen LogP contribution in [-0.4, -0.2) is 48.2 Å². The number of hydrogen-bond acceptors (Lipinski definition) is 6. The standard InChI is InChI=1S/C33H36FN5O4S/c1-42-17-16-39(33(41)37-23-4-2-3-5-23)19-20-6-8-22(9-7-20)28-18-25-31(44-28)27(14-15-36-25)43-26-13-12-24(21-10-11-21)30(29(26)34)38-32(35)40/h6-9,12-15,18,21,23H,2-5,10-11,16-17,19H2,1H3,(H,37,41)(H3,35,38,40). The second kappa shape index (κ2) is 13.2. The summed E-state index contributed by atoms with van der Waals surface area (Å²) in [5.41, 5.74) is 8.86. The molecule has 0 spiro atoms. The SMILES string of the molecule is COCCN(Cc1ccc(-c2cc3nccc(Oc4ccc(C5CC5)c(NC(N)=O)c4F)c3s2)cc1)C(=O)NC1CCCC1. The minimum atomic E-state index is -0.821. The zero-order valence-corrected chi connectivity index (χ0v) is 25.4. The summed E-state index contributed by atoms with van der Waals surface area (Å²) in [6, 6.07) is 14.5. The number of methoxy groups -OCH3 is 1. The summed E-state index contributed by atoms with van der Waals surface area (Å²) in [6.07, 6.45) is 7.89. The molecule has 6 rings (SSSR count). The van der Waals surface area contributed by atoms with Gasteiger partial charge in [-0.15, -0.1) is 11.3 Å². The van der Waals surface area contributed by atoms with E-state index < -0.39 is 11.8 Å². The molecule has 2 aliphatic carbocycles. The third-order valence-corrected chi connectivity index (χ3v) is 9.33. The number of nitrogens with zero attached hydrogens (tertiary/aromatic N) is 2. The number of pyridine rings is 1. The maximum atomic E-state index is 15.5. The highest BCUT2D eigenvalue weighted by Crippen LogP contribution is 2.47. The van der Waals surface area contributed by atoms with E-state index in [-0.39, 0.29) is 29.4 Å². The molecule has 0 atom stereocenters. The Morgan fingerprint density at radius 2 is 1.84 bits per heavy atom. The number of carbonyl (C=O) groups is 2. The van der Waals surface area contributed by atoms with Crippen molar-refractivity contribution in [2.45, 2.75) is 57.0 Å². The minimum Gasteiger partial charge on any atom is -0.453 e. The molecule has 2 saturated carbocycles. The molecule has 2 heterocycles. The lowest BCUT2D eigenvalue weighted by atomic mass is 10.1. The van der Waals surface area contributed by atoms with Gasteiger partial charge in [0.25, 0.3) is 0 Å². The van der Waals surface area contributed by atoms with Crippen LogP contribution in [0.25, 0.3) is 20.7 Å². The number of primary amides is 1. The fraction of sp³-hybridized carbons (Fsp3) is 0.364. The Morgan fingerprint density at radius 1 is 1.07 bits per heavy atom. The zero-order chi connectivity index (χ0) is 30.6. The van der Waals surface area contributed by atoms with E-state index in [2.05, 4.69) is 15.6 Å². The lowest BCUT2D eigenvalue weighted by Gasteiger charge is -2.25. The number of halogens is 1. The number of anilines is 1. The van der Waals surface area contributed by atoms with Gasteiger partial charge in [-0.3, -0.25) is 4.98 Å². The molecule has 4 N–H and O–H groups in total. The third-order valence-electron chi connectivity index (χ3n) is 8.15. The van der Waals surface area contributed by atoms with Gasteiger partial charge in [-0.05, 0) is 60.4 Å². The molecule has 0 aliphatic heterocycles. The summed E-state index contributed by atoms with van der Waals surface area (Å²) in [7, 11) is 1.64. The quantitative estimate of drug-likeness (QED) is 0.162. The van der Waals surface area contributed by atoms with Gasteiger partial charge in [-0.1, -0.05) is 43.2 Å². The van der Waals surface area contributed by atoms with Crippen molar-refractivity contribution in [3.05, 3.63) is 71.7 Å². The molecule has 0 radical (unpaired) electrons. The van der Waals surface area contributed by atoms with E-state index in [1.54, 1.807) is 36.4 Å². The number of urea groups is 2. The normalized spacial score (nSPS) is 15.0. The van der Waals surface area contributed by atoms with Crippen LogP contribution in [0.2, 0.25) is 0 Å². The molecule has 2 fully saturated rings. The van der Waals surface area contributed by atoms with Crippen molar-refractivity contribution in [3.8, 4) is 21.9 Å². The summed E-state index contributed by atoms with van der Waals surface area (Å²) in [4.78, 5) is 31.8. The number of carbonyl (C=O) groups excluding carboxylic acids is 2. The van der Waals surface area contributed by atoms with Crippen molar-refractivity contribution in [2.24, 2.45) is 5.73 Å². The number of aromatic nitrogens is 1. The van der Waals surface area contributed by atoms with E-state index in [0.717, 1.165) is 70.3 Å². The van der Waals surface area contributed by atoms with Crippen LogP contribution in [0.5, 0.6) is 11.5 Å². The Labute approximate surface area is 259 Å². The van der Waals surface area contributed by atoms with Gasteiger partial charge < -0.3 is 30.7 Å². The van der Waals surface area contributed by atoms with Gasteiger partial charge >= 0.3 is 12.1 Å². The van der Waals surface area contributed by atoms with Crippen molar-refractivity contribution in [1.29, 1.82) is 0 Å². The number of fused-ring (bicyclic) bond motifs is 1. The molecule has 2 aromatic heterocycles. The molecular formula is C33H36FN5O4S. The van der Waals surface area contributed by atoms with Crippen LogP contribution < -0.4 is 21.1 Å². The lowest BCUT2D eigenvalue weighted by Crippen LogP contribution is -2.44. The van der Waals surface area contributed by atoms with Gasteiger partial charge in [0.1, 0.15) is 5.75 Å². The minimum absolute atomic E-state index is 0.0000479. The number of ether oxygens (including phenoxy) is 2. The summed E-state index contributed by atoms with van der Waals surface area (Å²) in [5, 5.41) is 5.62. The molecule has 0 saturated heterocycles. The van der Waals surface area contributed by atoms with Gasteiger partial charge in [0.2, 0.25) is 0 Å². The Balaban J connectivity index is 1.20. The molecule has 11 heteroatoms. The molecule has 4 aromatic rings. The van der Waals surface area contributed by atoms with Gasteiger partial charge in [0.15, 0.2) is 11.6 Å². The Hall–Kier alpha value is -4.22. The molecule has 0 unspecified atom stereocenters. The number of rotatable bonds is 11. The van der Waals surface area contributed by atoms with Crippen molar-refractivity contribution in [1.82, 2.24) is 15.2 Å². The third kappa shape index (κ3) is 6.79. The number of nitrogens with two attached hydrogens (primary N) is 1. The van der Waals surface area contributed by atoms with Crippen LogP contribution in [0.4, 0.5) is 19.7 Å². The average molecular weight is 618 g/mol. The summed E-state index contributed by atoms with van der Waals surface area (Å²) < 4.78 is 27.6. The van der Waals surface area contributed by atoms with Crippen LogP contribution >= 0.6 is 11.3 Å². The average Bonchev–Trinajstić information content (AvgIpc) is 3.54. The number of nitrogens with one attached hydrogen (secondary N) is 2. The van der Waals surface area contributed by atoms with E-state index in [0.29, 0.717) is 25.4 Å². The molecule has 4 amide bonds. The first-order valence-corrected chi connectivity index (χ1v) is 15.8. The van der Waals surface area contributed by atoms with Gasteiger partial charge in [-0.2, -0.15) is 0 Å². The topological polar surface area (TPSA) is 119 Å². The summed E-state index contributed by atoms with van der Waals surface area (Å²) >= 11 is 1.50. The van der Waals surface area contributed by atoms with Crippen molar-refractivity contribution >= 4 is 39.3 Å². The van der Waals surface area contributed by atoms with Crippen LogP contribution in [0.15, 0.2) is 54.7 Å². The largest absolute Gasteiger partial charge is 0.453 e. The van der Waals surface area contributed by atoms with E-state index in [9.17, 15) is 9.59 Å². The van der Waals surface area contributed by atoms with Crippen LogP contribution in [0.1, 0.15) is 55.6 Å². The number of amides is 4. The number of thiophene rings is 1. The second-order valence-electron chi connectivity index (χ2n) is 11.4. The highest BCUT2D eigenvalue weighted by atomic mass is 32.1. The van der Waals surface area contributed by atoms with E-state index >= 15 is 4.39 Å². The summed E-state index contributed by atoms with van der Waals surface area (Å²) in [5.74, 6) is 0.0248. The van der Waals surface area contributed by atoms with Crippen molar-refractivity contribution < 1.29 is 23.5 Å². The molecule has 2 aliphatic rings. The first kappa shape index (κ1) is 29.8. The maximum Gasteiger partial charge on any atom is 0.317 e. The molecule has 44 heavy (non-hydrogen) atoms. The monoisotopic (exact) mass is 617 g/mol. The molecule has 9 nitrogen and oxygen atoms in total. The zero-order valence-electron chi connectivity index (χ0n) is 24.6. The highest BCUT2D eigenvalue weighted by molar-refractivity contribution is 7.22. The van der Waals surface area contributed by atoms with Gasteiger partial charge in [0, 0.05) is 43.4 Å². The van der Waals surface area contributed by atoms with Crippen molar-refractivity contribution in [2.75, 3.05) is 25.6 Å². The molecule has 0 bridgehead atoms. The fourth-order valence-corrected chi connectivity index (χ4v) is 6.75. The van der Waals surface area contributed by atoms with Crippen LogP contribution in [-0.2, 0) is 11.3 Å². The van der Waals surface area contributed by atoms with Crippen molar-refractivity contribution in [3.63, 3.8) is 0 Å². The Bertz CT molecular complexity index is 1650.